The lowest BCUT2D eigenvalue weighted by molar-refractivity contribution is 0.0594. The first-order valence-corrected chi connectivity index (χ1v) is 6.62. The van der Waals surface area contributed by atoms with Gasteiger partial charge in [-0.2, -0.15) is 0 Å². The van der Waals surface area contributed by atoms with Gasteiger partial charge in [0.1, 0.15) is 16.9 Å². The summed E-state index contributed by atoms with van der Waals surface area (Å²) in [6.07, 6.45) is -0.573. The van der Waals surface area contributed by atoms with Crippen LogP contribution in [0.2, 0.25) is 0 Å². The molecule has 0 aliphatic heterocycles. The van der Waals surface area contributed by atoms with Gasteiger partial charge in [0.15, 0.2) is 0 Å². The maximum atomic E-state index is 11.7. The number of hydrogen-bond acceptors (Lipinski definition) is 5. The van der Waals surface area contributed by atoms with Crippen molar-refractivity contribution in [2.45, 2.75) is 33.3 Å². The van der Waals surface area contributed by atoms with Gasteiger partial charge in [0.25, 0.3) is 0 Å². The molecule has 6 nitrogen and oxygen atoms in total. The second-order valence-electron chi connectivity index (χ2n) is 5.26. The molecule has 116 valence electrons. The summed E-state index contributed by atoms with van der Waals surface area (Å²) in [6.45, 7) is 7.52. The molecule has 0 saturated carbocycles. The standard InChI is InChI=1S/C15H21NO5/c1-6-20-12-9-10(7-8-11(12)13(17)19-5)16-14(18)21-15(2,3)4/h7-9H,6H2,1-5H3,(H,16,18). The monoisotopic (exact) mass is 295 g/mol. The molecule has 0 atom stereocenters. The van der Waals surface area contributed by atoms with E-state index >= 15 is 0 Å². The van der Waals surface area contributed by atoms with E-state index < -0.39 is 17.7 Å². The highest BCUT2D eigenvalue weighted by Gasteiger charge is 2.18. The first-order valence-electron chi connectivity index (χ1n) is 6.62. The van der Waals surface area contributed by atoms with E-state index in [4.69, 9.17) is 9.47 Å². The molecule has 0 fully saturated rings. The molecule has 0 aliphatic rings. The second-order valence-corrected chi connectivity index (χ2v) is 5.26. The van der Waals surface area contributed by atoms with E-state index in [2.05, 4.69) is 10.1 Å². The fourth-order valence-electron chi connectivity index (χ4n) is 1.58. The summed E-state index contributed by atoms with van der Waals surface area (Å²) >= 11 is 0. The smallest absolute Gasteiger partial charge is 0.412 e. The van der Waals surface area contributed by atoms with Crippen LogP contribution in [0.1, 0.15) is 38.1 Å². The van der Waals surface area contributed by atoms with E-state index in [-0.39, 0.29) is 0 Å². The minimum absolute atomic E-state index is 0.300. The highest BCUT2D eigenvalue weighted by atomic mass is 16.6. The summed E-state index contributed by atoms with van der Waals surface area (Å²) in [5, 5.41) is 2.59. The zero-order chi connectivity index (χ0) is 16.0. The summed E-state index contributed by atoms with van der Waals surface area (Å²) in [7, 11) is 1.30. The van der Waals surface area contributed by atoms with Crippen LogP contribution in [-0.4, -0.2) is 31.4 Å². The number of nitrogens with one attached hydrogen (secondary N) is 1. The first kappa shape index (κ1) is 16.8. The predicted octanol–water partition coefficient (Wildman–Crippen LogP) is 3.22. The molecule has 0 spiro atoms. The van der Waals surface area contributed by atoms with Gasteiger partial charge in [0.05, 0.1) is 13.7 Å². The number of benzene rings is 1. The van der Waals surface area contributed by atoms with Crippen molar-refractivity contribution in [3.8, 4) is 5.75 Å². The predicted molar refractivity (Wildman–Crippen MR) is 78.8 cm³/mol. The van der Waals surface area contributed by atoms with Gasteiger partial charge in [-0.05, 0) is 39.8 Å². The Balaban J connectivity index is 2.92. The molecule has 1 aromatic rings. The minimum atomic E-state index is -0.585. The van der Waals surface area contributed by atoms with Crippen molar-refractivity contribution in [2.75, 3.05) is 19.0 Å². The third-order valence-corrected chi connectivity index (χ3v) is 2.33. The molecule has 0 saturated heterocycles. The maximum Gasteiger partial charge on any atom is 0.412 e. The summed E-state index contributed by atoms with van der Waals surface area (Å²) in [4.78, 5) is 23.3. The zero-order valence-corrected chi connectivity index (χ0v) is 13.0. The lowest BCUT2D eigenvalue weighted by Crippen LogP contribution is -2.27. The maximum absolute atomic E-state index is 11.7. The van der Waals surface area contributed by atoms with Crippen molar-refractivity contribution < 1.29 is 23.8 Å². The Morgan fingerprint density at radius 3 is 2.43 bits per heavy atom. The molecule has 1 amide bonds. The van der Waals surface area contributed by atoms with Crippen LogP contribution in [0.4, 0.5) is 10.5 Å². The van der Waals surface area contributed by atoms with Gasteiger partial charge in [-0.25, -0.2) is 9.59 Å². The van der Waals surface area contributed by atoms with E-state index in [0.29, 0.717) is 23.6 Å². The number of amides is 1. The quantitative estimate of drug-likeness (QED) is 0.863. The highest BCUT2D eigenvalue weighted by molar-refractivity contribution is 5.94. The molecule has 1 rings (SSSR count). The van der Waals surface area contributed by atoms with Gasteiger partial charge in [0.2, 0.25) is 0 Å². The van der Waals surface area contributed by atoms with Crippen LogP contribution in [0.25, 0.3) is 0 Å². The van der Waals surface area contributed by atoms with Crippen LogP contribution >= 0.6 is 0 Å². The fraction of sp³-hybridized carbons (Fsp3) is 0.467. The molecule has 0 aliphatic carbocycles. The fourth-order valence-corrected chi connectivity index (χ4v) is 1.58. The van der Waals surface area contributed by atoms with Gasteiger partial charge in [-0.15, -0.1) is 0 Å². The average Bonchev–Trinajstić information content (AvgIpc) is 2.36. The van der Waals surface area contributed by atoms with Crippen molar-refractivity contribution in [1.29, 1.82) is 0 Å². The van der Waals surface area contributed by atoms with Crippen molar-refractivity contribution >= 4 is 17.7 Å². The Bertz CT molecular complexity index is 519. The van der Waals surface area contributed by atoms with Crippen LogP contribution < -0.4 is 10.1 Å². The number of carbonyl (C=O) groups excluding carboxylic acids is 2. The van der Waals surface area contributed by atoms with Crippen LogP contribution in [0, 0.1) is 0 Å². The number of esters is 1. The lowest BCUT2D eigenvalue weighted by atomic mass is 10.2. The van der Waals surface area contributed by atoms with Gasteiger partial charge >= 0.3 is 12.1 Å². The third kappa shape index (κ3) is 5.33. The minimum Gasteiger partial charge on any atom is -0.493 e. The SMILES string of the molecule is CCOc1cc(NC(=O)OC(C)(C)C)ccc1C(=O)OC. The van der Waals surface area contributed by atoms with Gasteiger partial charge in [-0.1, -0.05) is 0 Å². The third-order valence-electron chi connectivity index (χ3n) is 2.33. The molecular weight excluding hydrogens is 274 g/mol. The van der Waals surface area contributed by atoms with Crippen molar-refractivity contribution in [3.05, 3.63) is 23.8 Å². The van der Waals surface area contributed by atoms with Gasteiger partial charge in [0, 0.05) is 11.8 Å². The Kier molecular flexibility index (Phi) is 5.58. The van der Waals surface area contributed by atoms with E-state index in [9.17, 15) is 9.59 Å². The number of methoxy groups -OCH3 is 1. The average molecular weight is 295 g/mol. The molecule has 0 unspecified atom stereocenters. The Labute approximate surface area is 124 Å². The molecule has 6 heteroatoms. The van der Waals surface area contributed by atoms with Crippen LogP contribution in [0.3, 0.4) is 0 Å². The molecular formula is C15H21NO5. The summed E-state index contributed by atoms with van der Waals surface area (Å²) in [6, 6.07) is 4.67. The topological polar surface area (TPSA) is 73.9 Å². The van der Waals surface area contributed by atoms with E-state index in [0.717, 1.165) is 0 Å². The molecule has 0 bridgehead atoms. The Hall–Kier alpha value is -2.24. The molecule has 1 N–H and O–H groups in total. The lowest BCUT2D eigenvalue weighted by Gasteiger charge is -2.20. The van der Waals surface area contributed by atoms with Crippen LogP contribution in [-0.2, 0) is 9.47 Å². The highest BCUT2D eigenvalue weighted by Crippen LogP contribution is 2.24. The molecule has 21 heavy (non-hydrogen) atoms. The molecule has 0 aromatic heterocycles. The van der Waals surface area contributed by atoms with Crippen LogP contribution in [0.5, 0.6) is 5.75 Å². The Morgan fingerprint density at radius 1 is 1.24 bits per heavy atom. The van der Waals surface area contributed by atoms with E-state index in [1.54, 1.807) is 39.8 Å². The van der Waals surface area contributed by atoms with Crippen molar-refractivity contribution in [1.82, 2.24) is 0 Å². The van der Waals surface area contributed by atoms with Crippen molar-refractivity contribution in [3.63, 3.8) is 0 Å². The number of rotatable bonds is 4. The Morgan fingerprint density at radius 2 is 1.90 bits per heavy atom. The number of anilines is 1. The van der Waals surface area contributed by atoms with Crippen molar-refractivity contribution in [2.24, 2.45) is 0 Å². The molecule has 0 heterocycles. The first-order chi connectivity index (χ1) is 9.76. The second kappa shape index (κ2) is 6.97. The summed E-state index contributed by atoms with van der Waals surface area (Å²) in [5.74, 6) is -0.153. The summed E-state index contributed by atoms with van der Waals surface area (Å²) < 4.78 is 15.2. The largest absolute Gasteiger partial charge is 0.493 e. The van der Waals surface area contributed by atoms with Crippen LogP contribution in [0.15, 0.2) is 18.2 Å². The van der Waals surface area contributed by atoms with E-state index in [1.165, 1.54) is 13.2 Å². The molecule has 1 aromatic carbocycles. The number of hydrogen-bond donors (Lipinski definition) is 1. The van der Waals surface area contributed by atoms with Gasteiger partial charge in [-0.3, -0.25) is 5.32 Å². The zero-order valence-electron chi connectivity index (χ0n) is 13.0. The van der Waals surface area contributed by atoms with E-state index in [1.807, 2.05) is 0 Å². The van der Waals surface area contributed by atoms with Gasteiger partial charge < -0.3 is 14.2 Å². The summed E-state index contributed by atoms with van der Waals surface area (Å²) in [5.41, 5.74) is 0.188. The normalized spacial score (nSPS) is 10.7. The molecule has 0 radical (unpaired) electrons. The number of carbonyl (C=O) groups is 2. The number of ether oxygens (including phenoxy) is 3.